The quantitative estimate of drug-likeness (QED) is 0.603. The van der Waals surface area contributed by atoms with Gasteiger partial charge in [0.05, 0.1) is 6.61 Å². The summed E-state index contributed by atoms with van der Waals surface area (Å²) >= 11 is 0. The molecule has 1 unspecified atom stereocenters. The number of hydrogen-bond donors (Lipinski definition) is 2. The van der Waals surface area contributed by atoms with E-state index in [0.717, 1.165) is 51.5 Å². The number of amides is 1. The van der Waals surface area contributed by atoms with Gasteiger partial charge in [0.15, 0.2) is 5.96 Å². The first kappa shape index (κ1) is 17.5. The molecule has 1 spiro atoms. The van der Waals surface area contributed by atoms with Crippen molar-refractivity contribution in [1.29, 1.82) is 0 Å². The maximum absolute atomic E-state index is 12.1. The maximum atomic E-state index is 12.1. The van der Waals surface area contributed by atoms with Gasteiger partial charge in [-0.15, -0.1) is 0 Å². The van der Waals surface area contributed by atoms with Crippen LogP contribution in [0.4, 0.5) is 0 Å². The van der Waals surface area contributed by atoms with Crippen molar-refractivity contribution in [2.45, 2.75) is 57.4 Å². The van der Waals surface area contributed by atoms with Crippen LogP contribution in [0.1, 0.15) is 51.4 Å². The Hall–Kier alpha value is -1.30. The van der Waals surface area contributed by atoms with Crippen LogP contribution in [-0.4, -0.2) is 62.7 Å². The van der Waals surface area contributed by atoms with E-state index in [1.165, 1.54) is 25.7 Å². The van der Waals surface area contributed by atoms with Crippen LogP contribution in [-0.2, 0) is 9.53 Å². The lowest BCUT2D eigenvalue weighted by atomic mass is 9.87. The average molecular weight is 336 g/mol. The summed E-state index contributed by atoms with van der Waals surface area (Å²) in [7, 11) is 1.82. The van der Waals surface area contributed by atoms with Crippen molar-refractivity contribution in [1.82, 2.24) is 15.5 Å². The highest BCUT2D eigenvalue weighted by Gasteiger charge is 2.42. The fourth-order valence-electron chi connectivity index (χ4n) is 4.25. The highest BCUT2D eigenvalue weighted by Crippen LogP contribution is 2.38. The minimum Gasteiger partial charge on any atom is -0.381 e. The lowest BCUT2D eigenvalue weighted by Gasteiger charge is -2.25. The van der Waals surface area contributed by atoms with Gasteiger partial charge >= 0.3 is 0 Å². The molecule has 2 N–H and O–H groups in total. The van der Waals surface area contributed by atoms with Gasteiger partial charge in [0, 0.05) is 51.2 Å². The molecule has 2 heterocycles. The molecule has 6 nitrogen and oxygen atoms in total. The molecule has 0 aromatic carbocycles. The molecule has 0 bridgehead atoms. The molecule has 136 valence electrons. The fourth-order valence-corrected chi connectivity index (χ4v) is 4.25. The van der Waals surface area contributed by atoms with Gasteiger partial charge in [-0.25, -0.2) is 0 Å². The molecular weight excluding hydrogens is 304 g/mol. The zero-order chi connectivity index (χ0) is 16.8. The summed E-state index contributed by atoms with van der Waals surface area (Å²) in [6.07, 6.45) is 8.93. The number of guanidine groups is 1. The van der Waals surface area contributed by atoms with Gasteiger partial charge < -0.3 is 20.3 Å². The monoisotopic (exact) mass is 336 g/mol. The highest BCUT2D eigenvalue weighted by atomic mass is 16.5. The van der Waals surface area contributed by atoms with Crippen LogP contribution in [0.25, 0.3) is 0 Å². The number of nitrogens with zero attached hydrogens (tertiary/aromatic N) is 2. The Morgan fingerprint density at radius 2 is 2.12 bits per heavy atom. The first-order valence-electron chi connectivity index (χ1n) is 9.53. The number of nitrogens with one attached hydrogen (secondary N) is 2. The Kier molecular flexibility index (Phi) is 5.98. The Bertz CT molecular complexity index is 454. The molecular formula is C18H32N4O2. The van der Waals surface area contributed by atoms with Crippen molar-refractivity contribution in [3.8, 4) is 0 Å². The summed E-state index contributed by atoms with van der Waals surface area (Å²) in [5.74, 6) is 1.08. The molecule has 2 saturated heterocycles. The molecule has 3 aliphatic rings. The van der Waals surface area contributed by atoms with E-state index in [1.54, 1.807) is 0 Å². The molecule has 0 aromatic heterocycles. The number of aliphatic imine (C=N–C) groups is 1. The van der Waals surface area contributed by atoms with Gasteiger partial charge in [-0.2, -0.15) is 0 Å². The van der Waals surface area contributed by atoms with Gasteiger partial charge in [0.2, 0.25) is 5.91 Å². The van der Waals surface area contributed by atoms with Crippen LogP contribution in [0.2, 0.25) is 0 Å². The Morgan fingerprint density at radius 3 is 2.83 bits per heavy atom. The second kappa shape index (κ2) is 8.19. The van der Waals surface area contributed by atoms with E-state index in [-0.39, 0.29) is 5.91 Å². The third kappa shape index (κ3) is 4.41. The summed E-state index contributed by atoms with van der Waals surface area (Å²) in [6.45, 7) is 4.45. The number of carbonyl (C=O) groups excluding carboxylic acids is 1. The summed E-state index contributed by atoms with van der Waals surface area (Å²) in [5.41, 5.74) is 0.329. The molecule has 3 rings (SSSR count). The third-order valence-electron chi connectivity index (χ3n) is 5.74. The van der Waals surface area contributed by atoms with Crippen molar-refractivity contribution in [3.05, 3.63) is 0 Å². The van der Waals surface area contributed by atoms with Crippen LogP contribution < -0.4 is 10.6 Å². The number of likely N-dealkylation sites (tertiary alicyclic amines) is 1. The third-order valence-corrected chi connectivity index (χ3v) is 5.74. The zero-order valence-electron chi connectivity index (χ0n) is 15.0. The van der Waals surface area contributed by atoms with E-state index in [2.05, 4.69) is 20.5 Å². The average Bonchev–Trinajstić information content (AvgIpc) is 3.23. The van der Waals surface area contributed by atoms with E-state index >= 15 is 0 Å². The molecule has 1 saturated carbocycles. The second-order valence-corrected chi connectivity index (χ2v) is 7.60. The van der Waals surface area contributed by atoms with E-state index < -0.39 is 0 Å². The summed E-state index contributed by atoms with van der Waals surface area (Å²) in [5, 5.41) is 6.53. The molecule has 2 aliphatic heterocycles. The van der Waals surface area contributed by atoms with Crippen LogP contribution in [0, 0.1) is 5.41 Å². The summed E-state index contributed by atoms with van der Waals surface area (Å²) in [4.78, 5) is 18.8. The lowest BCUT2D eigenvalue weighted by molar-refractivity contribution is -0.121. The minimum absolute atomic E-state index is 0.159. The van der Waals surface area contributed by atoms with E-state index in [1.807, 2.05) is 7.05 Å². The minimum atomic E-state index is 0.159. The van der Waals surface area contributed by atoms with Gasteiger partial charge in [-0.3, -0.25) is 9.79 Å². The molecule has 1 amide bonds. The molecule has 0 radical (unpaired) electrons. The molecule has 0 aromatic rings. The summed E-state index contributed by atoms with van der Waals surface area (Å²) in [6, 6.07) is 0.395. The van der Waals surface area contributed by atoms with Crippen LogP contribution in [0.3, 0.4) is 0 Å². The second-order valence-electron chi connectivity index (χ2n) is 7.60. The number of ether oxygens (including phenoxy) is 1. The number of carbonyl (C=O) groups is 1. The maximum Gasteiger partial charge on any atom is 0.221 e. The highest BCUT2D eigenvalue weighted by molar-refractivity contribution is 5.81. The standard InChI is InChI=1S/C18H32N4O2/c1-19-17(22-11-8-18(13-22)9-12-24-14-18)20-10-7-16(23)21-15-5-3-2-4-6-15/h15H,2-14H2,1H3,(H,19,20)(H,21,23). The molecule has 1 atom stereocenters. The Balaban J connectivity index is 1.37. The van der Waals surface area contributed by atoms with E-state index in [0.29, 0.717) is 24.4 Å². The van der Waals surface area contributed by atoms with Crippen molar-refractivity contribution in [2.24, 2.45) is 10.4 Å². The largest absolute Gasteiger partial charge is 0.381 e. The van der Waals surface area contributed by atoms with Crippen LogP contribution >= 0.6 is 0 Å². The van der Waals surface area contributed by atoms with Crippen molar-refractivity contribution in [3.63, 3.8) is 0 Å². The van der Waals surface area contributed by atoms with Crippen molar-refractivity contribution >= 4 is 11.9 Å². The van der Waals surface area contributed by atoms with E-state index in [9.17, 15) is 4.79 Å². The Morgan fingerprint density at radius 1 is 1.29 bits per heavy atom. The van der Waals surface area contributed by atoms with Gasteiger partial charge in [-0.1, -0.05) is 19.3 Å². The zero-order valence-corrected chi connectivity index (χ0v) is 15.0. The SMILES string of the molecule is CN=C(NCCC(=O)NC1CCCCC1)N1CCC2(CCOC2)C1. The Labute approximate surface area is 145 Å². The van der Waals surface area contributed by atoms with Gasteiger partial charge in [0.25, 0.3) is 0 Å². The van der Waals surface area contributed by atoms with E-state index in [4.69, 9.17) is 4.74 Å². The molecule has 6 heteroatoms. The predicted octanol–water partition coefficient (Wildman–Crippen LogP) is 1.51. The van der Waals surface area contributed by atoms with Crippen molar-refractivity contribution < 1.29 is 9.53 Å². The smallest absolute Gasteiger partial charge is 0.221 e. The van der Waals surface area contributed by atoms with Gasteiger partial charge in [0.1, 0.15) is 0 Å². The van der Waals surface area contributed by atoms with Crippen molar-refractivity contribution in [2.75, 3.05) is 39.9 Å². The molecule has 3 fully saturated rings. The number of rotatable bonds is 4. The van der Waals surface area contributed by atoms with Gasteiger partial charge in [-0.05, 0) is 25.7 Å². The normalized spacial score (nSPS) is 28.5. The molecule has 1 aliphatic carbocycles. The first-order chi connectivity index (χ1) is 11.7. The topological polar surface area (TPSA) is 66.0 Å². The molecule has 24 heavy (non-hydrogen) atoms. The number of hydrogen-bond acceptors (Lipinski definition) is 3. The van der Waals surface area contributed by atoms with Crippen LogP contribution in [0.5, 0.6) is 0 Å². The predicted molar refractivity (Wildman–Crippen MR) is 95.1 cm³/mol. The fraction of sp³-hybridized carbons (Fsp3) is 0.889. The summed E-state index contributed by atoms with van der Waals surface area (Å²) < 4.78 is 5.59. The van der Waals surface area contributed by atoms with Crippen LogP contribution in [0.15, 0.2) is 4.99 Å². The first-order valence-corrected chi connectivity index (χ1v) is 9.53. The lowest BCUT2D eigenvalue weighted by Crippen LogP contribution is -2.43.